The molecular weight excluding hydrogens is 362 g/mol. The zero-order valence-corrected chi connectivity index (χ0v) is 16.5. The maximum Gasteiger partial charge on any atom is 0.185 e. The van der Waals surface area contributed by atoms with Crippen LogP contribution in [0.25, 0.3) is 0 Å². The third kappa shape index (κ3) is 3.31. The molecule has 1 aliphatic carbocycles. The number of hydrogen-bond acceptors (Lipinski definition) is 6. The minimum absolute atomic E-state index is 0.0344. The second-order valence-electron chi connectivity index (χ2n) is 7.92. The third-order valence-corrected chi connectivity index (χ3v) is 6.50. The van der Waals surface area contributed by atoms with Crippen LogP contribution in [0, 0.1) is 0 Å². The Hall–Kier alpha value is -1.73. The summed E-state index contributed by atoms with van der Waals surface area (Å²) in [6.07, 6.45) is 6.39. The van der Waals surface area contributed by atoms with Crippen LogP contribution in [-0.4, -0.2) is 52.5 Å². The summed E-state index contributed by atoms with van der Waals surface area (Å²) in [6, 6.07) is 10.7. The minimum atomic E-state index is -0.760. The zero-order chi connectivity index (χ0) is 19.1. The molecule has 7 heteroatoms. The Bertz CT molecular complexity index is 775. The molecule has 2 fully saturated rings. The number of anilines is 1. The second kappa shape index (κ2) is 7.02. The molecule has 2 aliphatic rings. The molecule has 1 saturated carbocycles. The molecule has 144 valence electrons. The first-order valence-corrected chi connectivity index (χ1v) is 9.75. The van der Waals surface area contributed by atoms with Crippen LogP contribution in [0.4, 0.5) is 5.82 Å². The Kier molecular flexibility index (Phi) is 4.84. The van der Waals surface area contributed by atoms with Gasteiger partial charge in [-0.1, -0.05) is 41.9 Å². The van der Waals surface area contributed by atoms with E-state index in [9.17, 15) is 5.11 Å². The number of aliphatic hydroxyl groups excluding tert-OH is 1. The molecule has 27 heavy (non-hydrogen) atoms. The standard InChI is InChI=1S/C20H26ClN5O/c1-25(2)20(15-6-4-3-5-7-15)10-8-19(9-11-20)14-26(18(27)24-19)17-13-22-16(21)12-23-17/h3-7,12-13,18,24,27H,8-11,14H2,1-2H3/t18?,19-,20+. The lowest BCUT2D eigenvalue weighted by Gasteiger charge is -2.49. The Morgan fingerprint density at radius 1 is 1.11 bits per heavy atom. The molecule has 0 amide bonds. The summed E-state index contributed by atoms with van der Waals surface area (Å²) >= 11 is 5.84. The largest absolute Gasteiger partial charge is 0.361 e. The molecule has 1 saturated heterocycles. The summed E-state index contributed by atoms with van der Waals surface area (Å²) in [4.78, 5) is 12.6. The molecule has 1 aromatic carbocycles. The fraction of sp³-hybridized carbons (Fsp3) is 0.500. The first-order chi connectivity index (χ1) is 12.9. The van der Waals surface area contributed by atoms with Crippen molar-refractivity contribution in [2.24, 2.45) is 0 Å². The van der Waals surface area contributed by atoms with Crippen LogP contribution < -0.4 is 10.2 Å². The molecule has 1 aliphatic heterocycles. The van der Waals surface area contributed by atoms with E-state index in [0.29, 0.717) is 17.5 Å². The zero-order valence-electron chi connectivity index (χ0n) is 15.8. The van der Waals surface area contributed by atoms with Gasteiger partial charge in [-0.15, -0.1) is 0 Å². The lowest BCUT2D eigenvalue weighted by molar-refractivity contribution is 0.0513. The first kappa shape index (κ1) is 18.6. The van der Waals surface area contributed by atoms with E-state index in [-0.39, 0.29) is 11.1 Å². The minimum Gasteiger partial charge on any atom is -0.361 e. The van der Waals surface area contributed by atoms with Crippen molar-refractivity contribution in [3.8, 4) is 0 Å². The predicted octanol–water partition coefficient (Wildman–Crippen LogP) is 2.59. The number of aliphatic hydroxyl groups is 1. The summed E-state index contributed by atoms with van der Waals surface area (Å²) in [5.74, 6) is 0.642. The number of benzene rings is 1. The van der Waals surface area contributed by atoms with E-state index in [0.717, 1.165) is 25.7 Å². The maximum atomic E-state index is 10.6. The SMILES string of the molecule is CN(C)[C@]1(c2ccccc2)CC[C@]2(CC1)CN(c1cnc(Cl)cn1)C(O)N2. The summed E-state index contributed by atoms with van der Waals surface area (Å²) in [5, 5.41) is 14.4. The molecule has 6 nitrogen and oxygen atoms in total. The topological polar surface area (TPSA) is 64.5 Å². The van der Waals surface area contributed by atoms with Gasteiger partial charge in [0.2, 0.25) is 0 Å². The first-order valence-electron chi connectivity index (χ1n) is 9.37. The highest BCUT2D eigenvalue weighted by molar-refractivity contribution is 6.29. The molecule has 1 atom stereocenters. The quantitative estimate of drug-likeness (QED) is 0.844. The molecule has 0 bridgehead atoms. The van der Waals surface area contributed by atoms with E-state index in [1.807, 2.05) is 4.90 Å². The Balaban J connectivity index is 1.53. The molecule has 2 aromatic rings. The second-order valence-corrected chi connectivity index (χ2v) is 8.30. The fourth-order valence-corrected chi connectivity index (χ4v) is 4.75. The van der Waals surface area contributed by atoms with Gasteiger partial charge in [0.15, 0.2) is 6.35 Å². The van der Waals surface area contributed by atoms with Crippen molar-refractivity contribution in [2.45, 2.75) is 43.1 Å². The molecular formula is C20H26ClN5O. The molecule has 1 unspecified atom stereocenters. The van der Waals surface area contributed by atoms with Crippen molar-refractivity contribution in [3.63, 3.8) is 0 Å². The Morgan fingerprint density at radius 3 is 2.41 bits per heavy atom. The van der Waals surface area contributed by atoms with Crippen LogP contribution >= 0.6 is 11.6 Å². The van der Waals surface area contributed by atoms with Crippen molar-refractivity contribution in [2.75, 3.05) is 25.5 Å². The average Bonchev–Trinajstić information content (AvgIpc) is 3.00. The van der Waals surface area contributed by atoms with Crippen LogP contribution in [0.3, 0.4) is 0 Å². The normalized spacial score (nSPS) is 31.0. The van der Waals surface area contributed by atoms with Gasteiger partial charge in [0.25, 0.3) is 0 Å². The van der Waals surface area contributed by atoms with Gasteiger partial charge in [0.1, 0.15) is 11.0 Å². The van der Waals surface area contributed by atoms with E-state index in [4.69, 9.17) is 11.6 Å². The lowest BCUT2D eigenvalue weighted by atomic mass is 9.69. The summed E-state index contributed by atoms with van der Waals surface area (Å²) < 4.78 is 0. The van der Waals surface area contributed by atoms with Crippen molar-refractivity contribution in [1.82, 2.24) is 20.2 Å². The van der Waals surface area contributed by atoms with Gasteiger partial charge in [-0.25, -0.2) is 9.97 Å². The van der Waals surface area contributed by atoms with Crippen molar-refractivity contribution in [1.29, 1.82) is 0 Å². The molecule has 0 radical (unpaired) electrons. The molecule has 1 spiro atoms. The third-order valence-electron chi connectivity index (χ3n) is 6.31. The van der Waals surface area contributed by atoms with Crippen molar-refractivity contribution < 1.29 is 5.11 Å². The predicted molar refractivity (Wildman–Crippen MR) is 107 cm³/mol. The number of aromatic nitrogens is 2. The van der Waals surface area contributed by atoms with Crippen molar-refractivity contribution in [3.05, 3.63) is 53.4 Å². The van der Waals surface area contributed by atoms with Crippen LogP contribution in [-0.2, 0) is 5.54 Å². The Morgan fingerprint density at radius 2 is 1.81 bits per heavy atom. The van der Waals surface area contributed by atoms with Gasteiger partial charge in [-0.2, -0.15) is 0 Å². The fourth-order valence-electron chi connectivity index (χ4n) is 4.66. The van der Waals surface area contributed by atoms with E-state index < -0.39 is 6.35 Å². The van der Waals surface area contributed by atoms with Crippen LogP contribution in [0.15, 0.2) is 42.7 Å². The molecule has 2 N–H and O–H groups in total. The highest BCUT2D eigenvalue weighted by Gasteiger charge is 2.50. The van der Waals surface area contributed by atoms with E-state index >= 15 is 0 Å². The maximum absolute atomic E-state index is 10.6. The molecule has 4 rings (SSSR count). The van der Waals surface area contributed by atoms with Gasteiger partial charge >= 0.3 is 0 Å². The number of nitrogens with zero attached hydrogens (tertiary/aromatic N) is 4. The van der Waals surface area contributed by atoms with Crippen molar-refractivity contribution >= 4 is 17.4 Å². The van der Waals surface area contributed by atoms with Gasteiger partial charge in [-0.3, -0.25) is 10.2 Å². The highest BCUT2D eigenvalue weighted by Crippen LogP contribution is 2.46. The van der Waals surface area contributed by atoms with Gasteiger partial charge in [0.05, 0.1) is 12.4 Å². The number of nitrogens with one attached hydrogen (secondary N) is 1. The van der Waals surface area contributed by atoms with E-state index in [1.54, 1.807) is 6.20 Å². The lowest BCUT2D eigenvalue weighted by Crippen LogP contribution is -2.54. The van der Waals surface area contributed by atoms with Gasteiger partial charge < -0.3 is 10.0 Å². The van der Waals surface area contributed by atoms with E-state index in [1.165, 1.54) is 11.8 Å². The summed E-state index contributed by atoms with van der Waals surface area (Å²) in [5.41, 5.74) is 1.28. The molecule has 2 heterocycles. The monoisotopic (exact) mass is 387 g/mol. The summed E-state index contributed by atoms with van der Waals surface area (Å²) in [6.45, 7) is 0.711. The van der Waals surface area contributed by atoms with E-state index in [2.05, 4.69) is 64.6 Å². The number of rotatable bonds is 3. The van der Waals surface area contributed by atoms with Gasteiger partial charge in [0, 0.05) is 17.6 Å². The smallest absolute Gasteiger partial charge is 0.185 e. The summed E-state index contributed by atoms with van der Waals surface area (Å²) in [7, 11) is 4.33. The number of hydrogen-bond donors (Lipinski definition) is 2. The van der Waals surface area contributed by atoms with Gasteiger partial charge in [-0.05, 0) is 45.3 Å². The highest BCUT2D eigenvalue weighted by atomic mass is 35.5. The number of halogens is 1. The molecule has 1 aromatic heterocycles. The van der Waals surface area contributed by atoms with Crippen LogP contribution in [0.1, 0.15) is 31.2 Å². The van der Waals surface area contributed by atoms with Crippen LogP contribution in [0.5, 0.6) is 0 Å². The van der Waals surface area contributed by atoms with Crippen LogP contribution in [0.2, 0.25) is 5.15 Å². The average molecular weight is 388 g/mol. The Labute approximate surface area is 165 Å².